The second-order valence-corrected chi connectivity index (χ2v) is 11.9. The summed E-state index contributed by atoms with van der Waals surface area (Å²) in [5.74, 6) is -0.161. The summed E-state index contributed by atoms with van der Waals surface area (Å²) < 4.78 is 27.2. The smallest absolute Gasteiger partial charge is 0.227 e. The molecule has 0 N–H and O–H groups in total. The number of nitrogens with zero attached hydrogens (tertiary/aromatic N) is 3. The van der Waals surface area contributed by atoms with Crippen LogP contribution in [-0.4, -0.2) is 68.6 Å². The van der Waals surface area contributed by atoms with Crippen molar-refractivity contribution in [1.29, 1.82) is 0 Å². The Morgan fingerprint density at radius 2 is 1.74 bits per heavy atom. The van der Waals surface area contributed by atoms with Gasteiger partial charge in [-0.3, -0.25) is 4.79 Å². The summed E-state index contributed by atoms with van der Waals surface area (Å²) in [7, 11) is -3.35. The van der Waals surface area contributed by atoms with E-state index < -0.39 is 10.0 Å². The largest absolute Gasteiger partial charge is 0.368 e. The van der Waals surface area contributed by atoms with Gasteiger partial charge in [-0.2, -0.15) is 0 Å². The highest BCUT2D eigenvalue weighted by Crippen LogP contribution is 2.36. The maximum Gasteiger partial charge on any atom is 0.227 e. The number of sulfonamides is 1. The molecule has 2 aliphatic heterocycles. The van der Waals surface area contributed by atoms with Crippen LogP contribution in [0.1, 0.15) is 36.8 Å². The molecule has 6 nitrogen and oxygen atoms in total. The zero-order chi connectivity index (χ0) is 24.3. The van der Waals surface area contributed by atoms with E-state index in [9.17, 15) is 13.2 Å². The van der Waals surface area contributed by atoms with E-state index in [1.54, 1.807) is 4.31 Å². The monoisotopic (exact) mass is 503 g/mol. The van der Waals surface area contributed by atoms with Crippen molar-refractivity contribution in [2.75, 3.05) is 49.9 Å². The van der Waals surface area contributed by atoms with Crippen LogP contribution in [0, 0.1) is 12.8 Å². The molecular weight excluding hydrogens is 470 g/mol. The number of piperidine rings is 1. The first-order valence-corrected chi connectivity index (χ1v) is 14.1. The number of carbonyl (C=O) groups excluding carboxylic acids is 1. The quantitative estimate of drug-likeness (QED) is 0.594. The number of hydrogen-bond acceptors (Lipinski definition) is 4. The van der Waals surface area contributed by atoms with Gasteiger partial charge in [-0.25, -0.2) is 12.7 Å². The van der Waals surface area contributed by atoms with Gasteiger partial charge in [0.2, 0.25) is 15.9 Å². The highest BCUT2D eigenvalue weighted by atomic mass is 35.5. The average molecular weight is 504 g/mol. The van der Waals surface area contributed by atoms with Crippen molar-refractivity contribution in [3.8, 4) is 0 Å². The van der Waals surface area contributed by atoms with E-state index in [4.69, 9.17) is 11.6 Å². The molecule has 2 atom stereocenters. The van der Waals surface area contributed by atoms with Crippen LogP contribution >= 0.6 is 11.6 Å². The molecule has 0 aromatic heterocycles. The van der Waals surface area contributed by atoms with Crippen molar-refractivity contribution in [2.45, 2.75) is 32.6 Å². The average Bonchev–Trinajstić information content (AvgIpc) is 2.85. The Balaban J connectivity index is 1.51. The van der Waals surface area contributed by atoms with Crippen LogP contribution in [0.3, 0.4) is 0 Å². The highest BCUT2D eigenvalue weighted by Gasteiger charge is 2.41. The number of halogens is 1. The molecule has 0 radical (unpaired) electrons. The van der Waals surface area contributed by atoms with Crippen molar-refractivity contribution in [2.24, 2.45) is 5.92 Å². The van der Waals surface area contributed by atoms with E-state index in [1.165, 1.54) is 0 Å². The Kier molecular flexibility index (Phi) is 7.85. The van der Waals surface area contributed by atoms with E-state index in [1.807, 2.05) is 48.2 Å². The molecule has 1 amide bonds. The molecule has 0 saturated carbocycles. The molecule has 184 valence electrons. The molecule has 34 heavy (non-hydrogen) atoms. The van der Waals surface area contributed by atoms with Crippen LogP contribution in [-0.2, 0) is 14.8 Å². The minimum Gasteiger partial charge on any atom is -0.368 e. The molecule has 2 saturated heterocycles. The van der Waals surface area contributed by atoms with Crippen molar-refractivity contribution in [3.05, 3.63) is 64.7 Å². The van der Waals surface area contributed by atoms with Gasteiger partial charge in [-0.15, -0.1) is 0 Å². The summed E-state index contributed by atoms with van der Waals surface area (Å²) in [5.41, 5.74) is 3.38. The van der Waals surface area contributed by atoms with E-state index in [0.717, 1.165) is 29.9 Å². The Morgan fingerprint density at radius 1 is 1.03 bits per heavy atom. The Bertz CT molecular complexity index is 1100. The van der Waals surface area contributed by atoms with Gasteiger partial charge < -0.3 is 9.80 Å². The first-order valence-electron chi connectivity index (χ1n) is 12.1. The maximum atomic E-state index is 13.8. The fourth-order valence-corrected chi connectivity index (χ4v) is 6.95. The molecule has 2 fully saturated rings. The topological polar surface area (TPSA) is 60.9 Å². The molecule has 2 aromatic rings. The number of aryl methyl sites for hydroxylation is 1. The van der Waals surface area contributed by atoms with Crippen LogP contribution in [0.15, 0.2) is 48.5 Å². The van der Waals surface area contributed by atoms with Crippen LogP contribution in [0.25, 0.3) is 0 Å². The maximum absolute atomic E-state index is 13.8. The van der Waals surface area contributed by atoms with Gasteiger partial charge in [-0.05, 0) is 48.9 Å². The van der Waals surface area contributed by atoms with Crippen molar-refractivity contribution in [1.82, 2.24) is 9.21 Å². The molecule has 4 rings (SSSR count). The number of carbonyl (C=O) groups is 1. The van der Waals surface area contributed by atoms with Crippen LogP contribution in [0.4, 0.5) is 5.69 Å². The Hall–Kier alpha value is -2.09. The summed E-state index contributed by atoms with van der Waals surface area (Å²) in [4.78, 5) is 18.0. The van der Waals surface area contributed by atoms with Crippen LogP contribution in [0.2, 0.25) is 5.02 Å². The lowest BCUT2D eigenvalue weighted by Gasteiger charge is -2.42. The van der Waals surface area contributed by atoms with Gasteiger partial charge in [0.05, 0.1) is 11.7 Å². The van der Waals surface area contributed by atoms with E-state index in [2.05, 4.69) is 24.0 Å². The number of amides is 1. The highest BCUT2D eigenvalue weighted by molar-refractivity contribution is 7.89. The van der Waals surface area contributed by atoms with Crippen LogP contribution in [0.5, 0.6) is 0 Å². The Morgan fingerprint density at radius 3 is 2.41 bits per heavy atom. The summed E-state index contributed by atoms with van der Waals surface area (Å²) in [6.45, 7) is 7.36. The summed E-state index contributed by atoms with van der Waals surface area (Å²) in [6.07, 6.45) is 1.23. The zero-order valence-electron chi connectivity index (χ0n) is 20.0. The standard InChI is InChI=1S/C26H34ClN3O3S/c1-3-17-34(32,33)30-12-11-23(21-7-5-4-6-8-21)24(19-30)26(31)29-15-13-28(14-16-29)25-18-22(27)10-9-20(25)2/h4-10,18,23-24H,3,11-17,19H2,1-2H3/t23-,24-/m1/s1. The number of benzene rings is 2. The lowest BCUT2D eigenvalue weighted by Crippen LogP contribution is -2.54. The third kappa shape index (κ3) is 5.42. The van der Waals surface area contributed by atoms with Gasteiger partial charge in [0.25, 0.3) is 0 Å². The second kappa shape index (κ2) is 10.7. The minimum absolute atomic E-state index is 0.0231. The molecule has 0 aliphatic carbocycles. The summed E-state index contributed by atoms with van der Waals surface area (Å²) >= 11 is 6.22. The lowest BCUT2D eigenvalue weighted by atomic mass is 9.80. The number of rotatable bonds is 6. The SMILES string of the molecule is CCCS(=O)(=O)N1CC[C@H](c2ccccc2)[C@H](C(=O)N2CCN(c3cc(Cl)ccc3C)CC2)C1. The van der Waals surface area contributed by atoms with Crippen molar-refractivity contribution < 1.29 is 13.2 Å². The molecule has 0 unspecified atom stereocenters. The van der Waals surface area contributed by atoms with Gasteiger partial charge >= 0.3 is 0 Å². The van der Waals surface area contributed by atoms with Crippen molar-refractivity contribution >= 4 is 33.2 Å². The fourth-order valence-electron chi connectivity index (χ4n) is 5.24. The number of hydrogen-bond donors (Lipinski definition) is 0. The molecule has 2 aliphatic rings. The van der Waals surface area contributed by atoms with E-state index in [0.29, 0.717) is 37.5 Å². The third-order valence-electron chi connectivity index (χ3n) is 7.08. The summed E-state index contributed by atoms with van der Waals surface area (Å²) in [5, 5.41) is 0.709. The predicted octanol–water partition coefficient (Wildman–Crippen LogP) is 4.14. The third-order valence-corrected chi connectivity index (χ3v) is 9.36. The van der Waals surface area contributed by atoms with Gasteiger partial charge in [0.15, 0.2) is 0 Å². The van der Waals surface area contributed by atoms with Gasteiger partial charge in [0.1, 0.15) is 0 Å². The molecule has 2 aromatic carbocycles. The number of anilines is 1. The molecule has 0 spiro atoms. The molecule has 0 bridgehead atoms. The first-order chi connectivity index (χ1) is 16.3. The molecular formula is C26H34ClN3O3S. The molecule has 2 heterocycles. The predicted molar refractivity (Wildman–Crippen MR) is 138 cm³/mol. The Labute approximate surface area is 208 Å². The van der Waals surface area contributed by atoms with E-state index in [-0.39, 0.29) is 30.0 Å². The lowest BCUT2D eigenvalue weighted by molar-refractivity contribution is -0.137. The fraction of sp³-hybridized carbons (Fsp3) is 0.500. The first kappa shape index (κ1) is 25.0. The summed E-state index contributed by atoms with van der Waals surface area (Å²) in [6, 6.07) is 16.0. The second-order valence-electron chi connectivity index (χ2n) is 9.33. The zero-order valence-corrected chi connectivity index (χ0v) is 21.6. The van der Waals surface area contributed by atoms with Gasteiger partial charge in [0, 0.05) is 50.0 Å². The molecule has 8 heteroatoms. The number of piperazine rings is 1. The van der Waals surface area contributed by atoms with Crippen molar-refractivity contribution in [3.63, 3.8) is 0 Å². The minimum atomic E-state index is -3.35. The van der Waals surface area contributed by atoms with E-state index >= 15 is 0 Å². The van der Waals surface area contributed by atoms with Gasteiger partial charge in [-0.1, -0.05) is 54.9 Å². The normalized spacial score (nSPS) is 22.1. The van der Waals surface area contributed by atoms with Crippen LogP contribution < -0.4 is 4.90 Å².